The summed E-state index contributed by atoms with van der Waals surface area (Å²) in [5.41, 5.74) is -1.03. The first-order chi connectivity index (χ1) is 9.26. The van der Waals surface area contributed by atoms with Gasteiger partial charge in [-0.1, -0.05) is 0 Å². The van der Waals surface area contributed by atoms with Gasteiger partial charge in [-0.3, -0.25) is 4.72 Å². The van der Waals surface area contributed by atoms with Gasteiger partial charge in [0.2, 0.25) is 10.0 Å². The van der Waals surface area contributed by atoms with Crippen molar-refractivity contribution in [3.63, 3.8) is 0 Å². The van der Waals surface area contributed by atoms with E-state index in [1.165, 1.54) is 0 Å². The highest BCUT2D eigenvalue weighted by molar-refractivity contribution is 7.92. The van der Waals surface area contributed by atoms with Crippen molar-refractivity contribution in [3.8, 4) is 0 Å². The zero-order valence-corrected chi connectivity index (χ0v) is 11.3. The average molecular weight is 309 g/mol. The van der Waals surface area contributed by atoms with Crippen LogP contribution < -0.4 is 10.0 Å². The Morgan fingerprint density at radius 3 is 2.65 bits per heavy atom. The molecule has 0 bridgehead atoms. The Morgan fingerprint density at radius 2 is 2.15 bits per heavy atom. The van der Waals surface area contributed by atoms with E-state index < -0.39 is 21.9 Å². The number of hydrogen-bond acceptors (Lipinski definition) is 4. The first kappa shape index (κ1) is 15.0. The van der Waals surface area contributed by atoms with Crippen molar-refractivity contribution in [1.29, 1.82) is 0 Å². The predicted octanol–water partition coefficient (Wildman–Crippen LogP) is 1.59. The number of halogens is 3. The first-order valence-electron chi connectivity index (χ1n) is 6.03. The largest absolute Gasteiger partial charge is 0.433 e. The third-order valence-corrected chi connectivity index (χ3v) is 4.30. The van der Waals surface area contributed by atoms with E-state index in [-0.39, 0.29) is 17.5 Å². The van der Waals surface area contributed by atoms with Crippen LogP contribution in [0, 0.1) is 0 Å². The summed E-state index contributed by atoms with van der Waals surface area (Å²) in [7, 11) is -3.60. The van der Waals surface area contributed by atoms with Gasteiger partial charge in [-0.2, -0.15) is 13.2 Å². The van der Waals surface area contributed by atoms with Crippen molar-refractivity contribution in [2.24, 2.45) is 0 Å². The predicted molar refractivity (Wildman–Crippen MR) is 67.7 cm³/mol. The first-order valence-corrected chi connectivity index (χ1v) is 7.69. The van der Waals surface area contributed by atoms with Gasteiger partial charge in [0.15, 0.2) is 0 Å². The number of sulfonamides is 1. The van der Waals surface area contributed by atoms with E-state index in [2.05, 4.69) is 15.0 Å². The second-order valence-electron chi connectivity index (χ2n) is 4.61. The Labute approximate surface area is 114 Å². The quantitative estimate of drug-likeness (QED) is 0.886. The smallest absolute Gasteiger partial charge is 0.313 e. The monoisotopic (exact) mass is 309 g/mol. The molecule has 5 nitrogen and oxygen atoms in total. The Balaban J connectivity index is 2.01. The molecule has 0 radical (unpaired) electrons. The lowest BCUT2D eigenvalue weighted by molar-refractivity contribution is -0.141. The molecule has 112 valence electrons. The minimum atomic E-state index is -4.54. The minimum absolute atomic E-state index is 0.0241. The van der Waals surface area contributed by atoms with Gasteiger partial charge in [-0.05, 0) is 31.5 Å². The van der Waals surface area contributed by atoms with E-state index in [0.717, 1.165) is 37.7 Å². The van der Waals surface area contributed by atoms with Gasteiger partial charge in [0, 0.05) is 6.04 Å². The highest BCUT2D eigenvalue weighted by Crippen LogP contribution is 2.27. The highest BCUT2D eigenvalue weighted by atomic mass is 32.2. The molecule has 2 heterocycles. The minimum Gasteiger partial charge on any atom is -0.313 e. The number of hydrogen-bond donors (Lipinski definition) is 2. The van der Waals surface area contributed by atoms with Crippen LogP contribution in [-0.2, 0) is 16.2 Å². The SMILES string of the molecule is O=S(=O)(CC1CCCN1)Nc1ccc(C(F)(F)F)nc1. The third kappa shape index (κ3) is 4.07. The van der Waals surface area contributed by atoms with Crippen molar-refractivity contribution in [2.75, 3.05) is 17.0 Å². The molecular formula is C11H14F3N3O2S. The Hall–Kier alpha value is -1.35. The zero-order chi connectivity index (χ0) is 14.8. The molecule has 0 amide bonds. The summed E-state index contributed by atoms with van der Waals surface area (Å²) in [5, 5.41) is 3.04. The molecular weight excluding hydrogens is 295 g/mol. The van der Waals surface area contributed by atoms with Crippen LogP contribution in [0.25, 0.3) is 0 Å². The molecule has 1 atom stereocenters. The second kappa shape index (κ2) is 5.57. The summed E-state index contributed by atoms with van der Waals surface area (Å²) < 4.78 is 62.9. The maximum absolute atomic E-state index is 12.3. The summed E-state index contributed by atoms with van der Waals surface area (Å²) in [4.78, 5) is 3.20. The van der Waals surface area contributed by atoms with Crippen molar-refractivity contribution in [3.05, 3.63) is 24.0 Å². The van der Waals surface area contributed by atoms with E-state index in [0.29, 0.717) is 0 Å². The molecule has 1 fully saturated rings. The molecule has 0 spiro atoms. The summed E-state index contributed by atoms with van der Waals surface area (Å²) >= 11 is 0. The van der Waals surface area contributed by atoms with Gasteiger partial charge < -0.3 is 5.32 Å². The normalized spacial score (nSPS) is 20.1. The van der Waals surface area contributed by atoms with E-state index >= 15 is 0 Å². The molecule has 1 unspecified atom stereocenters. The fourth-order valence-electron chi connectivity index (χ4n) is 2.01. The standard InChI is InChI=1S/C11H14F3N3O2S/c12-11(13,14)10-4-3-8(6-16-10)17-20(18,19)7-9-2-1-5-15-9/h3-4,6,9,15,17H,1-2,5,7H2. The molecule has 9 heteroatoms. The molecule has 0 aliphatic carbocycles. The van der Waals surface area contributed by atoms with Crippen LogP contribution >= 0.6 is 0 Å². The maximum atomic E-state index is 12.3. The van der Waals surface area contributed by atoms with E-state index in [1.807, 2.05) is 0 Å². The van der Waals surface area contributed by atoms with Gasteiger partial charge in [-0.15, -0.1) is 0 Å². The molecule has 2 N–H and O–H groups in total. The average Bonchev–Trinajstić information content (AvgIpc) is 2.79. The molecule has 20 heavy (non-hydrogen) atoms. The van der Waals surface area contributed by atoms with Crippen molar-refractivity contribution in [2.45, 2.75) is 25.1 Å². The van der Waals surface area contributed by atoms with Gasteiger partial charge >= 0.3 is 6.18 Å². The second-order valence-corrected chi connectivity index (χ2v) is 6.37. The van der Waals surface area contributed by atoms with Crippen LogP contribution in [0.15, 0.2) is 18.3 Å². The molecule has 1 aromatic heterocycles. The van der Waals surface area contributed by atoms with Crippen molar-refractivity contribution < 1.29 is 21.6 Å². The summed E-state index contributed by atoms with van der Waals surface area (Å²) in [5.74, 6) is -0.103. The third-order valence-electron chi connectivity index (χ3n) is 2.91. The fourth-order valence-corrected chi connectivity index (χ4v) is 3.38. The Bertz CT molecular complexity index is 551. The van der Waals surface area contributed by atoms with Gasteiger partial charge in [0.05, 0.1) is 17.6 Å². The lowest BCUT2D eigenvalue weighted by Crippen LogP contribution is -2.32. The maximum Gasteiger partial charge on any atom is 0.433 e. The van der Waals surface area contributed by atoms with Crippen molar-refractivity contribution >= 4 is 15.7 Å². The van der Waals surface area contributed by atoms with E-state index in [9.17, 15) is 21.6 Å². The molecule has 2 rings (SSSR count). The van der Waals surface area contributed by atoms with Crippen LogP contribution in [0.3, 0.4) is 0 Å². The molecule has 1 aromatic rings. The number of nitrogens with one attached hydrogen (secondary N) is 2. The zero-order valence-electron chi connectivity index (χ0n) is 10.4. The van der Waals surface area contributed by atoms with Crippen molar-refractivity contribution in [1.82, 2.24) is 10.3 Å². The Morgan fingerprint density at radius 1 is 1.40 bits per heavy atom. The molecule has 1 aliphatic rings. The van der Waals surface area contributed by atoms with Gasteiger partial charge in [0.1, 0.15) is 5.69 Å². The number of nitrogens with zero attached hydrogens (tertiary/aromatic N) is 1. The van der Waals surface area contributed by atoms with Gasteiger partial charge in [0.25, 0.3) is 0 Å². The van der Waals surface area contributed by atoms with Gasteiger partial charge in [-0.25, -0.2) is 13.4 Å². The highest BCUT2D eigenvalue weighted by Gasteiger charge is 2.32. The molecule has 0 aromatic carbocycles. The summed E-state index contributed by atoms with van der Waals surface area (Å²) in [6.45, 7) is 0.780. The fraction of sp³-hybridized carbons (Fsp3) is 0.545. The van der Waals surface area contributed by atoms with Crippen LogP contribution in [0.4, 0.5) is 18.9 Å². The molecule has 0 saturated carbocycles. The Kier molecular flexibility index (Phi) is 4.19. The number of pyridine rings is 1. The summed E-state index contributed by atoms with van der Waals surface area (Å²) in [6.07, 6.45) is -1.98. The lowest BCUT2D eigenvalue weighted by atomic mass is 10.3. The summed E-state index contributed by atoms with van der Waals surface area (Å²) in [6, 6.07) is 1.68. The number of anilines is 1. The van der Waals surface area contributed by atoms with Crippen LogP contribution in [-0.4, -0.2) is 31.7 Å². The van der Waals surface area contributed by atoms with Crippen LogP contribution in [0.1, 0.15) is 18.5 Å². The van der Waals surface area contributed by atoms with E-state index in [4.69, 9.17) is 0 Å². The van der Waals surface area contributed by atoms with E-state index in [1.54, 1.807) is 0 Å². The number of aromatic nitrogens is 1. The number of alkyl halides is 3. The lowest BCUT2D eigenvalue weighted by Gasteiger charge is -2.13. The topological polar surface area (TPSA) is 71.1 Å². The number of rotatable bonds is 4. The van der Waals surface area contributed by atoms with Crippen LogP contribution in [0.5, 0.6) is 0 Å². The molecule has 1 saturated heterocycles. The molecule has 1 aliphatic heterocycles. The van der Waals surface area contributed by atoms with Crippen LogP contribution in [0.2, 0.25) is 0 Å².